The van der Waals surface area contributed by atoms with Crippen LogP contribution in [0.25, 0.3) is 0 Å². The van der Waals surface area contributed by atoms with Gasteiger partial charge in [-0.3, -0.25) is 5.32 Å². The molecule has 22 heavy (non-hydrogen) atoms. The molecule has 1 amide bonds. The number of rotatable bonds is 3. The van der Waals surface area contributed by atoms with Gasteiger partial charge in [0.2, 0.25) is 0 Å². The molecule has 1 aliphatic carbocycles. The number of amides is 1. The second-order valence-electron chi connectivity index (χ2n) is 6.90. The lowest BCUT2D eigenvalue weighted by atomic mass is 9.86. The van der Waals surface area contributed by atoms with E-state index in [9.17, 15) is 10.1 Å². The third-order valence-corrected chi connectivity index (χ3v) is 4.81. The summed E-state index contributed by atoms with van der Waals surface area (Å²) in [6.07, 6.45) is 7.01. The number of hydrogen-bond donors (Lipinski definition) is 1. The number of hydrogen-bond acceptors (Lipinski definition) is 4. The lowest BCUT2D eigenvalue weighted by Gasteiger charge is -2.20. The summed E-state index contributed by atoms with van der Waals surface area (Å²) in [6, 6.07) is 4.07. The fraction of sp³-hybridized carbons (Fsp3) is 0.647. The third-order valence-electron chi connectivity index (χ3n) is 3.73. The summed E-state index contributed by atoms with van der Waals surface area (Å²) in [5.74, 6) is 0.716. The Balaban J connectivity index is 2.02. The van der Waals surface area contributed by atoms with E-state index in [-0.39, 0.29) is 0 Å². The Labute approximate surface area is 136 Å². The average molecular weight is 320 g/mol. The van der Waals surface area contributed by atoms with E-state index in [0.29, 0.717) is 16.5 Å². The van der Waals surface area contributed by atoms with Crippen molar-refractivity contribution >= 4 is 22.4 Å². The summed E-state index contributed by atoms with van der Waals surface area (Å²) in [5, 5.41) is 12.6. The fourth-order valence-corrected chi connectivity index (χ4v) is 3.90. The van der Waals surface area contributed by atoms with Crippen molar-refractivity contribution in [3.63, 3.8) is 0 Å². The molecule has 0 radical (unpaired) electrons. The van der Waals surface area contributed by atoms with Crippen molar-refractivity contribution in [2.45, 2.75) is 64.9 Å². The van der Waals surface area contributed by atoms with E-state index in [2.05, 4.69) is 11.4 Å². The minimum atomic E-state index is -0.543. The highest BCUT2D eigenvalue weighted by Gasteiger charge is 2.20. The number of nitrogens with zero attached hydrogens (tertiary/aromatic N) is 1. The van der Waals surface area contributed by atoms with Crippen LogP contribution < -0.4 is 5.32 Å². The van der Waals surface area contributed by atoms with E-state index in [1.54, 1.807) is 0 Å². The first-order valence-electron chi connectivity index (χ1n) is 7.90. The van der Waals surface area contributed by atoms with Crippen molar-refractivity contribution < 1.29 is 9.53 Å². The van der Waals surface area contributed by atoms with Crippen LogP contribution in [0.5, 0.6) is 0 Å². The Hall–Kier alpha value is -1.54. The molecule has 5 heteroatoms. The van der Waals surface area contributed by atoms with Gasteiger partial charge in [0.25, 0.3) is 0 Å². The van der Waals surface area contributed by atoms with Crippen LogP contribution in [0.1, 0.15) is 63.3 Å². The van der Waals surface area contributed by atoms with Crippen LogP contribution in [-0.2, 0) is 11.2 Å². The second-order valence-corrected chi connectivity index (χ2v) is 8.04. The zero-order valence-electron chi connectivity index (χ0n) is 13.6. The summed E-state index contributed by atoms with van der Waals surface area (Å²) < 4.78 is 5.25. The summed E-state index contributed by atoms with van der Waals surface area (Å²) in [5.41, 5.74) is -0.0133. The lowest BCUT2D eigenvalue weighted by Crippen LogP contribution is -2.27. The molecule has 0 bridgehead atoms. The Morgan fingerprint density at radius 2 is 2.09 bits per heavy atom. The first kappa shape index (κ1) is 16.8. The molecule has 1 N–H and O–H groups in total. The number of nitriles is 1. The molecule has 0 spiro atoms. The van der Waals surface area contributed by atoms with Crippen LogP contribution >= 0.6 is 11.3 Å². The summed E-state index contributed by atoms with van der Waals surface area (Å²) in [6.45, 7) is 5.46. The van der Waals surface area contributed by atoms with E-state index in [1.165, 1.54) is 48.3 Å². The Bertz CT molecular complexity index is 560. The number of thiophene rings is 1. The van der Waals surface area contributed by atoms with Gasteiger partial charge in [0, 0.05) is 4.88 Å². The number of anilines is 1. The van der Waals surface area contributed by atoms with Gasteiger partial charge in [-0.25, -0.2) is 4.79 Å². The predicted octanol–water partition coefficient (Wildman–Crippen LogP) is 5.09. The standard InChI is InChI=1S/C17H24N2O2S/c1-17(2,3)21-16(20)19-15-13(11-18)10-14(22-15)9-12-7-5-4-6-8-12/h10,12H,4-9H2,1-3H3,(H,19,20). The molecular weight excluding hydrogens is 296 g/mol. The van der Waals surface area contributed by atoms with E-state index < -0.39 is 11.7 Å². The predicted molar refractivity (Wildman–Crippen MR) is 89.2 cm³/mol. The maximum absolute atomic E-state index is 11.9. The third kappa shape index (κ3) is 5.03. The molecule has 4 nitrogen and oxygen atoms in total. The zero-order valence-corrected chi connectivity index (χ0v) is 14.4. The van der Waals surface area contributed by atoms with E-state index >= 15 is 0 Å². The number of ether oxygens (including phenoxy) is 1. The van der Waals surface area contributed by atoms with Crippen molar-refractivity contribution in [2.24, 2.45) is 5.92 Å². The number of nitrogens with one attached hydrogen (secondary N) is 1. The van der Waals surface area contributed by atoms with Crippen LogP contribution in [0.3, 0.4) is 0 Å². The first-order chi connectivity index (χ1) is 10.4. The normalized spacial score (nSPS) is 16.1. The number of carbonyl (C=O) groups is 1. The van der Waals surface area contributed by atoms with E-state index in [4.69, 9.17) is 4.74 Å². The maximum atomic E-state index is 11.9. The van der Waals surface area contributed by atoms with Crippen molar-refractivity contribution in [1.29, 1.82) is 5.26 Å². The molecule has 1 heterocycles. The minimum absolute atomic E-state index is 0.505. The topological polar surface area (TPSA) is 62.1 Å². The molecule has 1 aliphatic rings. The van der Waals surface area contributed by atoms with E-state index in [0.717, 1.165) is 6.42 Å². The molecule has 2 rings (SSSR count). The highest BCUT2D eigenvalue weighted by molar-refractivity contribution is 7.16. The average Bonchev–Trinajstić information content (AvgIpc) is 2.79. The maximum Gasteiger partial charge on any atom is 0.412 e. The fourth-order valence-electron chi connectivity index (χ4n) is 2.79. The monoisotopic (exact) mass is 320 g/mol. The summed E-state index contributed by atoms with van der Waals surface area (Å²) in [7, 11) is 0. The molecule has 1 saturated carbocycles. The van der Waals surface area contributed by atoms with Gasteiger partial charge in [-0.1, -0.05) is 32.1 Å². The molecule has 1 fully saturated rings. The molecule has 1 aromatic rings. The molecule has 0 atom stereocenters. The molecule has 0 unspecified atom stereocenters. The van der Waals surface area contributed by atoms with Crippen LogP contribution in [0.2, 0.25) is 0 Å². The van der Waals surface area contributed by atoms with Crippen molar-refractivity contribution in [3.05, 3.63) is 16.5 Å². The van der Waals surface area contributed by atoms with Crippen LogP contribution in [-0.4, -0.2) is 11.7 Å². The van der Waals surface area contributed by atoms with Crippen LogP contribution in [0, 0.1) is 17.2 Å². The van der Waals surface area contributed by atoms with Crippen LogP contribution in [0.4, 0.5) is 9.80 Å². The molecule has 0 saturated heterocycles. The Kier molecular flexibility index (Phi) is 5.47. The first-order valence-corrected chi connectivity index (χ1v) is 8.72. The lowest BCUT2D eigenvalue weighted by molar-refractivity contribution is 0.0636. The van der Waals surface area contributed by atoms with Crippen molar-refractivity contribution in [3.8, 4) is 6.07 Å². The van der Waals surface area contributed by atoms with Gasteiger partial charge in [0.05, 0.1) is 5.56 Å². The second kappa shape index (κ2) is 7.15. The van der Waals surface area contributed by atoms with Gasteiger partial charge in [-0.05, 0) is 39.2 Å². The molecular formula is C17H24N2O2S. The smallest absolute Gasteiger partial charge is 0.412 e. The largest absolute Gasteiger partial charge is 0.444 e. The van der Waals surface area contributed by atoms with Gasteiger partial charge in [-0.15, -0.1) is 11.3 Å². The summed E-state index contributed by atoms with van der Waals surface area (Å²) in [4.78, 5) is 13.0. The quantitative estimate of drug-likeness (QED) is 0.843. The molecule has 120 valence electrons. The highest BCUT2D eigenvalue weighted by Crippen LogP contribution is 2.33. The Morgan fingerprint density at radius 3 is 2.68 bits per heavy atom. The van der Waals surface area contributed by atoms with Crippen LogP contribution in [0.15, 0.2) is 6.07 Å². The molecule has 0 aromatic carbocycles. The zero-order chi connectivity index (χ0) is 16.2. The SMILES string of the molecule is CC(C)(C)OC(=O)Nc1sc(CC2CCCCC2)cc1C#N. The summed E-state index contributed by atoms with van der Waals surface area (Å²) >= 11 is 1.50. The molecule has 0 aliphatic heterocycles. The minimum Gasteiger partial charge on any atom is -0.444 e. The van der Waals surface area contributed by atoms with Crippen molar-refractivity contribution in [2.75, 3.05) is 5.32 Å². The van der Waals surface area contributed by atoms with Gasteiger partial charge in [0.1, 0.15) is 16.7 Å². The number of carbonyl (C=O) groups excluding carboxylic acids is 1. The molecule has 1 aromatic heterocycles. The Morgan fingerprint density at radius 1 is 1.41 bits per heavy atom. The van der Waals surface area contributed by atoms with Gasteiger partial charge < -0.3 is 4.74 Å². The van der Waals surface area contributed by atoms with E-state index in [1.807, 2.05) is 26.8 Å². The van der Waals surface area contributed by atoms with Gasteiger partial charge in [0.15, 0.2) is 0 Å². The van der Waals surface area contributed by atoms with Gasteiger partial charge >= 0.3 is 6.09 Å². The van der Waals surface area contributed by atoms with Crippen molar-refractivity contribution in [1.82, 2.24) is 0 Å². The highest BCUT2D eigenvalue weighted by atomic mass is 32.1. The van der Waals surface area contributed by atoms with Gasteiger partial charge in [-0.2, -0.15) is 5.26 Å².